The molecule has 154 valence electrons. The summed E-state index contributed by atoms with van der Waals surface area (Å²) in [6.45, 7) is 7.76. The van der Waals surface area contributed by atoms with Crippen LogP contribution < -0.4 is 9.64 Å². The fraction of sp³-hybridized carbons (Fsp3) is 0.269. The van der Waals surface area contributed by atoms with Gasteiger partial charge in [-0.05, 0) is 47.9 Å². The van der Waals surface area contributed by atoms with Crippen LogP contribution in [0, 0.1) is 0 Å². The SMILES string of the molecule is CC(C)(C)c1cc(N(C(=O)c2ccccc2)c2ccccc2)ccc1OCC1CO1. The van der Waals surface area contributed by atoms with Gasteiger partial charge in [-0.25, -0.2) is 0 Å². The Morgan fingerprint density at radius 1 is 0.967 bits per heavy atom. The van der Waals surface area contributed by atoms with Gasteiger partial charge in [0.15, 0.2) is 0 Å². The molecule has 0 radical (unpaired) electrons. The van der Waals surface area contributed by atoms with Crippen molar-refractivity contribution in [3.63, 3.8) is 0 Å². The van der Waals surface area contributed by atoms with E-state index in [0.29, 0.717) is 12.2 Å². The quantitative estimate of drug-likeness (QED) is 0.495. The van der Waals surface area contributed by atoms with E-state index in [2.05, 4.69) is 26.8 Å². The number of anilines is 2. The molecule has 4 rings (SSSR count). The second-order valence-corrected chi connectivity index (χ2v) is 8.54. The third-order valence-electron chi connectivity index (χ3n) is 5.09. The first-order valence-corrected chi connectivity index (χ1v) is 10.3. The van der Waals surface area contributed by atoms with Crippen molar-refractivity contribution in [2.24, 2.45) is 0 Å². The van der Waals surface area contributed by atoms with Crippen molar-refractivity contribution >= 4 is 17.3 Å². The molecule has 0 N–H and O–H groups in total. The molecular formula is C26H27NO3. The Morgan fingerprint density at radius 2 is 1.60 bits per heavy atom. The lowest BCUT2D eigenvalue weighted by molar-refractivity contribution is 0.0999. The van der Waals surface area contributed by atoms with E-state index >= 15 is 0 Å². The lowest BCUT2D eigenvalue weighted by Gasteiger charge is -2.28. The summed E-state index contributed by atoms with van der Waals surface area (Å²) < 4.78 is 11.3. The minimum Gasteiger partial charge on any atom is -0.490 e. The van der Waals surface area contributed by atoms with Crippen LogP contribution in [0.1, 0.15) is 36.7 Å². The third-order valence-corrected chi connectivity index (χ3v) is 5.09. The Kier molecular flexibility index (Phi) is 5.60. The maximum atomic E-state index is 13.5. The molecule has 1 aliphatic heterocycles. The molecule has 0 aromatic heterocycles. The van der Waals surface area contributed by atoms with Gasteiger partial charge >= 0.3 is 0 Å². The van der Waals surface area contributed by atoms with E-state index in [4.69, 9.17) is 9.47 Å². The Morgan fingerprint density at radius 3 is 2.20 bits per heavy atom. The van der Waals surface area contributed by atoms with Gasteiger partial charge in [0.25, 0.3) is 5.91 Å². The standard InChI is InChI=1S/C26H27NO3/c1-26(2,3)23-16-21(14-15-24(23)30-18-22-17-29-22)27(20-12-8-5-9-13-20)25(28)19-10-6-4-7-11-19/h4-16,22H,17-18H2,1-3H3. The van der Waals surface area contributed by atoms with Crippen LogP contribution in [0.15, 0.2) is 78.9 Å². The van der Waals surface area contributed by atoms with Gasteiger partial charge in [-0.3, -0.25) is 9.69 Å². The second-order valence-electron chi connectivity index (χ2n) is 8.54. The van der Waals surface area contributed by atoms with E-state index in [1.54, 1.807) is 4.90 Å². The van der Waals surface area contributed by atoms with Crippen molar-refractivity contribution in [1.82, 2.24) is 0 Å². The molecule has 1 saturated heterocycles. The molecule has 4 heteroatoms. The van der Waals surface area contributed by atoms with Crippen molar-refractivity contribution in [2.75, 3.05) is 18.1 Å². The van der Waals surface area contributed by atoms with Gasteiger partial charge in [0.05, 0.1) is 6.61 Å². The number of epoxide rings is 1. The molecule has 1 fully saturated rings. The molecule has 1 aliphatic rings. The van der Waals surface area contributed by atoms with Gasteiger partial charge in [-0.15, -0.1) is 0 Å². The first-order valence-electron chi connectivity index (χ1n) is 10.3. The number of carbonyl (C=O) groups excluding carboxylic acids is 1. The van der Waals surface area contributed by atoms with Crippen molar-refractivity contribution in [3.05, 3.63) is 90.0 Å². The fourth-order valence-electron chi connectivity index (χ4n) is 3.39. The summed E-state index contributed by atoms with van der Waals surface area (Å²) >= 11 is 0. The molecule has 4 nitrogen and oxygen atoms in total. The molecule has 30 heavy (non-hydrogen) atoms. The highest BCUT2D eigenvalue weighted by molar-refractivity contribution is 6.11. The topological polar surface area (TPSA) is 42.1 Å². The van der Waals surface area contributed by atoms with Crippen LogP contribution >= 0.6 is 0 Å². The highest BCUT2D eigenvalue weighted by atomic mass is 16.6. The maximum absolute atomic E-state index is 13.5. The summed E-state index contributed by atoms with van der Waals surface area (Å²) in [6, 6.07) is 25.1. The van der Waals surface area contributed by atoms with Crippen LogP contribution in [0.4, 0.5) is 11.4 Å². The molecule has 3 aromatic rings. The summed E-state index contributed by atoms with van der Waals surface area (Å²) in [4.78, 5) is 15.3. The Hall–Kier alpha value is -3.11. The molecule has 1 unspecified atom stereocenters. The zero-order valence-corrected chi connectivity index (χ0v) is 17.7. The number of nitrogens with zero attached hydrogens (tertiary/aromatic N) is 1. The van der Waals surface area contributed by atoms with Crippen LogP contribution in [0.2, 0.25) is 0 Å². The van der Waals surface area contributed by atoms with E-state index in [0.717, 1.165) is 29.3 Å². The van der Waals surface area contributed by atoms with Crippen LogP contribution in [-0.4, -0.2) is 25.2 Å². The number of benzene rings is 3. The summed E-state index contributed by atoms with van der Waals surface area (Å²) in [6.07, 6.45) is 0.193. The lowest BCUT2D eigenvalue weighted by atomic mass is 9.86. The third kappa shape index (κ3) is 4.55. The molecular weight excluding hydrogens is 374 g/mol. The number of hydrogen-bond donors (Lipinski definition) is 0. The predicted molar refractivity (Wildman–Crippen MR) is 120 cm³/mol. The minimum atomic E-state index is -0.145. The number of amides is 1. The average Bonchev–Trinajstić information content (AvgIpc) is 3.58. The first kappa shape index (κ1) is 20.2. The van der Waals surface area contributed by atoms with Gasteiger partial charge in [-0.1, -0.05) is 57.2 Å². The maximum Gasteiger partial charge on any atom is 0.262 e. The number of hydrogen-bond acceptors (Lipinski definition) is 3. The first-order chi connectivity index (χ1) is 14.4. The molecule has 0 saturated carbocycles. The average molecular weight is 402 g/mol. The van der Waals surface area contributed by atoms with E-state index in [1.807, 2.05) is 72.8 Å². The van der Waals surface area contributed by atoms with Crippen LogP contribution in [-0.2, 0) is 10.2 Å². The van der Waals surface area contributed by atoms with Crippen LogP contribution in [0.25, 0.3) is 0 Å². The van der Waals surface area contributed by atoms with Crippen molar-refractivity contribution in [2.45, 2.75) is 32.3 Å². The number of ether oxygens (including phenoxy) is 2. The van der Waals surface area contributed by atoms with Crippen LogP contribution in [0.5, 0.6) is 5.75 Å². The summed E-state index contributed by atoms with van der Waals surface area (Å²) in [5.74, 6) is 0.767. The minimum absolute atomic E-state index is 0.0679. The normalized spacial score (nSPS) is 15.5. The smallest absolute Gasteiger partial charge is 0.262 e. The Balaban J connectivity index is 1.77. The van der Waals surface area contributed by atoms with Crippen molar-refractivity contribution in [3.8, 4) is 5.75 Å². The molecule has 0 spiro atoms. The van der Waals surface area contributed by atoms with Gasteiger partial charge < -0.3 is 9.47 Å². The van der Waals surface area contributed by atoms with E-state index < -0.39 is 0 Å². The van der Waals surface area contributed by atoms with E-state index in [-0.39, 0.29) is 17.4 Å². The fourth-order valence-corrected chi connectivity index (χ4v) is 3.39. The van der Waals surface area contributed by atoms with E-state index in [1.165, 1.54) is 0 Å². The van der Waals surface area contributed by atoms with Gasteiger partial charge in [-0.2, -0.15) is 0 Å². The monoisotopic (exact) mass is 401 g/mol. The molecule has 0 aliphatic carbocycles. The largest absolute Gasteiger partial charge is 0.490 e. The molecule has 0 bridgehead atoms. The van der Waals surface area contributed by atoms with Gasteiger partial charge in [0.1, 0.15) is 18.5 Å². The summed E-state index contributed by atoms with van der Waals surface area (Å²) in [7, 11) is 0. The zero-order valence-electron chi connectivity index (χ0n) is 17.7. The van der Waals surface area contributed by atoms with Crippen LogP contribution in [0.3, 0.4) is 0 Å². The predicted octanol–water partition coefficient (Wildman–Crippen LogP) is 5.74. The highest BCUT2D eigenvalue weighted by Crippen LogP contribution is 2.37. The molecule has 3 aromatic carbocycles. The van der Waals surface area contributed by atoms with E-state index in [9.17, 15) is 4.79 Å². The second kappa shape index (κ2) is 8.33. The number of carbonyl (C=O) groups is 1. The molecule has 1 heterocycles. The molecule has 1 atom stereocenters. The Bertz CT molecular complexity index is 1010. The van der Waals surface area contributed by atoms with Gasteiger partial charge in [0.2, 0.25) is 0 Å². The van der Waals surface area contributed by atoms with Crippen molar-refractivity contribution < 1.29 is 14.3 Å². The summed E-state index contributed by atoms with van der Waals surface area (Å²) in [5, 5.41) is 0. The summed E-state index contributed by atoms with van der Waals surface area (Å²) in [5.41, 5.74) is 3.20. The number of para-hydroxylation sites is 1. The zero-order chi connectivity index (χ0) is 21.1. The number of rotatable bonds is 6. The Labute approximate surface area is 178 Å². The van der Waals surface area contributed by atoms with Crippen molar-refractivity contribution in [1.29, 1.82) is 0 Å². The molecule has 1 amide bonds. The van der Waals surface area contributed by atoms with Gasteiger partial charge in [0, 0.05) is 22.5 Å². The lowest BCUT2D eigenvalue weighted by Crippen LogP contribution is -2.26. The highest BCUT2D eigenvalue weighted by Gasteiger charge is 2.27.